The molecule has 2 atom stereocenters. The molecule has 0 spiro atoms. The van der Waals surface area contributed by atoms with Crippen LogP contribution >= 0.6 is 0 Å². The van der Waals surface area contributed by atoms with Crippen molar-refractivity contribution in [3.8, 4) is 0 Å². The van der Waals surface area contributed by atoms with E-state index >= 15 is 0 Å². The summed E-state index contributed by atoms with van der Waals surface area (Å²) in [7, 11) is 0. The lowest BCUT2D eigenvalue weighted by atomic mass is 10.1. The van der Waals surface area contributed by atoms with Gasteiger partial charge in [0.2, 0.25) is 5.91 Å². The Morgan fingerprint density at radius 1 is 1.12 bits per heavy atom. The van der Waals surface area contributed by atoms with Gasteiger partial charge in [-0.2, -0.15) is 0 Å². The highest BCUT2D eigenvalue weighted by Gasteiger charge is 2.36. The highest BCUT2D eigenvalue weighted by molar-refractivity contribution is 6.21. The summed E-state index contributed by atoms with van der Waals surface area (Å²) >= 11 is 0. The second kappa shape index (κ2) is 6.40. The second-order valence-electron chi connectivity index (χ2n) is 5.63. The predicted octanol–water partition coefficient (Wildman–Crippen LogP) is 0.0310. The first-order chi connectivity index (χ1) is 11.5. The van der Waals surface area contributed by atoms with Crippen molar-refractivity contribution in [2.45, 2.75) is 25.0 Å². The SMILES string of the molecule is O=C(NCCN1C(=O)c2ccccc2C1=O)[C@@H]1CC[C@H](C(=O)O)O1. The summed E-state index contributed by atoms with van der Waals surface area (Å²) in [6, 6.07) is 6.55. The fourth-order valence-electron chi connectivity index (χ4n) is 2.86. The molecule has 8 nitrogen and oxygen atoms in total. The number of carbonyl (C=O) groups excluding carboxylic acids is 3. The van der Waals surface area contributed by atoms with Crippen LogP contribution < -0.4 is 5.32 Å². The molecule has 0 aromatic heterocycles. The zero-order valence-electron chi connectivity index (χ0n) is 12.7. The molecular formula is C16H16N2O6. The molecule has 2 aliphatic rings. The summed E-state index contributed by atoms with van der Waals surface area (Å²) in [5, 5.41) is 11.4. The first-order valence-electron chi connectivity index (χ1n) is 7.60. The molecule has 0 aliphatic carbocycles. The van der Waals surface area contributed by atoms with Gasteiger partial charge in [-0.25, -0.2) is 4.79 Å². The normalized spacial score (nSPS) is 22.6. The van der Waals surface area contributed by atoms with Gasteiger partial charge in [-0.1, -0.05) is 12.1 Å². The van der Waals surface area contributed by atoms with Crippen molar-refractivity contribution in [2.24, 2.45) is 0 Å². The van der Waals surface area contributed by atoms with Crippen LogP contribution in [0.2, 0.25) is 0 Å². The maximum Gasteiger partial charge on any atom is 0.332 e. The topological polar surface area (TPSA) is 113 Å². The van der Waals surface area contributed by atoms with E-state index in [4.69, 9.17) is 9.84 Å². The van der Waals surface area contributed by atoms with Crippen LogP contribution in [0.5, 0.6) is 0 Å². The average Bonchev–Trinajstić information content (AvgIpc) is 3.15. The minimum Gasteiger partial charge on any atom is -0.479 e. The summed E-state index contributed by atoms with van der Waals surface area (Å²) in [6.07, 6.45) is -1.16. The lowest BCUT2D eigenvalue weighted by molar-refractivity contribution is -0.151. The van der Waals surface area contributed by atoms with E-state index in [1.807, 2.05) is 0 Å². The number of carboxylic acid groups (broad SMARTS) is 1. The Morgan fingerprint density at radius 2 is 1.71 bits per heavy atom. The summed E-state index contributed by atoms with van der Waals surface area (Å²) in [5.41, 5.74) is 0.717. The summed E-state index contributed by atoms with van der Waals surface area (Å²) in [5.74, 6) is -2.28. The Hall–Kier alpha value is -2.74. The van der Waals surface area contributed by atoms with Crippen LogP contribution in [-0.4, -0.2) is 59.0 Å². The van der Waals surface area contributed by atoms with Crippen LogP contribution in [0.3, 0.4) is 0 Å². The van der Waals surface area contributed by atoms with Gasteiger partial charge in [0.05, 0.1) is 11.1 Å². The van der Waals surface area contributed by atoms with Gasteiger partial charge in [-0.05, 0) is 25.0 Å². The molecule has 0 unspecified atom stereocenters. The Morgan fingerprint density at radius 3 is 2.25 bits per heavy atom. The molecule has 3 rings (SSSR count). The van der Waals surface area contributed by atoms with Crippen molar-refractivity contribution < 1.29 is 29.0 Å². The zero-order valence-corrected chi connectivity index (χ0v) is 12.7. The molecule has 1 fully saturated rings. The molecule has 8 heteroatoms. The second-order valence-corrected chi connectivity index (χ2v) is 5.63. The highest BCUT2D eigenvalue weighted by Crippen LogP contribution is 2.22. The average molecular weight is 332 g/mol. The van der Waals surface area contributed by atoms with E-state index in [2.05, 4.69) is 5.32 Å². The highest BCUT2D eigenvalue weighted by atomic mass is 16.5. The van der Waals surface area contributed by atoms with Crippen molar-refractivity contribution >= 4 is 23.7 Å². The van der Waals surface area contributed by atoms with Gasteiger partial charge >= 0.3 is 5.97 Å². The Balaban J connectivity index is 1.51. The molecule has 3 amide bonds. The monoisotopic (exact) mass is 332 g/mol. The number of hydrogen-bond acceptors (Lipinski definition) is 5. The quantitative estimate of drug-likeness (QED) is 0.736. The molecule has 2 heterocycles. The van der Waals surface area contributed by atoms with Gasteiger partial charge < -0.3 is 15.2 Å². The molecule has 0 saturated carbocycles. The van der Waals surface area contributed by atoms with Crippen LogP contribution in [0, 0.1) is 0 Å². The number of carboxylic acids is 1. The third kappa shape index (κ3) is 2.88. The van der Waals surface area contributed by atoms with Crippen molar-refractivity contribution in [1.82, 2.24) is 10.2 Å². The molecule has 1 aromatic rings. The molecule has 1 saturated heterocycles. The molecule has 0 bridgehead atoms. The fraction of sp³-hybridized carbons (Fsp3) is 0.375. The number of fused-ring (bicyclic) bond motifs is 1. The third-order valence-electron chi connectivity index (χ3n) is 4.10. The van der Waals surface area contributed by atoms with Gasteiger partial charge in [-0.15, -0.1) is 0 Å². The van der Waals surface area contributed by atoms with E-state index in [0.29, 0.717) is 17.5 Å². The molecule has 2 N–H and O–H groups in total. The number of rotatable bonds is 5. The molecule has 1 aromatic carbocycles. The number of benzene rings is 1. The van der Waals surface area contributed by atoms with Crippen LogP contribution in [-0.2, 0) is 14.3 Å². The molecular weight excluding hydrogens is 316 g/mol. The van der Waals surface area contributed by atoms with E-state index < -0.39 is 24.1 Å². The van der Waals surface area contributed by atoms with Gasteiger partial charge in [0.25, 0.3) is 11.8 Å². The maximum atomic E-state index is 12.2. The zero-order chi connectivity index (χ0) is 17.3. The van der Waals surface area contributed by atoms with Crippen LogP contribution in [0.15, 0.2) is 24.3 Å². The minimum atomic E-state index is -1.09. The first-order valence-corrected chi connectivity index (χ1v) is 7.60. The Bertz CT molecular complexity index is 681. The summed E-state index contributed by atoms with van der Waals surface area (Å²) in [4.78, 5) is 48.2. The lowest BCUT2D eigenvalue weighted by Crippen LogP contribution is -2.41. The smallest absolute Gasteiger partial charge is 0.332 e. The largest absolute Gasteiger partial charge is 0.479 e. The van der Waals surface area contributed by atoms with E-state index in [9.17, 15) is 19.2 Å². The predicted molar refractivity (Wildman–Crippen MR) is 80.3 cm³/mol. The molecule has 0 radical (unpaired) electrons. The lowest BCUT2D eigenvalue weighted by Gasteiger charge is -2.16. The van der Waals surface area contributed by atoms with E-state index in [0.717, 1.165) is 4.90 Å². The van der Waals surface area contributed by atoms with Crippen molar-refractivity contribution in [2.75, 3.05) is 13.1 Å². The number of carbonyl (C=O) groups is 4. The van der Waals surface area contributed by atoms with Crippen LogP contribution in [0.1, 0.15) is 33.6 Å². The number of nitrogens with one attached hydrogen (secondary N) is 1. The fourth-order valence-corrected chi connectivity index (χ4v) is 2.86. The Kier molecular flexibility index (Phi) is 4.30. The van der Waals surface area contributed by atoms with Gasteiger partial charge in [0, 0.05) is 13.1 Å². The maximum absolute atomic E-state index is 12.2. The van der Waals surface area contributed by atoms with Crippen molar-refractivity contribution in [3.05, 3.63) is 35.4 Å². The van der Waals surface area contributed by atoms with Crippen LogP contribution in [0.25, 0.3) is 0 Å². The number of nitrogens with zero attached hydrogens (tertiary/aromatic N) is 1. The number of aliphatic carboxylic acids is 1. The van der Waals surface area contributed by atoms with Gasteiger partial charge in [0.1, 0.15) is 6.10 Å². The summed E-state index contributed by atoms with van der Waals surface area (Å²) < 4.78 is 5.14. The van der Waals surface area contributed by atoms with E-state index in [-0.39, 0.29) is 31.3 Å². The Labute approximate surface area is 137 Å². The number of ether oxygens (including phenoxy) is 1. The van der Waals surface area contributed by atoms with Crippen LogP contribution in [0.4, 0.5) is 0 Å². The summed E-state index contributed by atoms with van der Waals surface area (Å²) in [6.45, 7) is 0.134. The minimum absolute atomic E-state index is 0.0488. The van der Waals surface area contributed by atoms with Crippen molar-refractivity contribution in [1.29, 1.82) is 0 Å². The number of imide groups is 1. The standard InChI is InChI=1S/C16H16N2O6/c19-13(11-5-6-12(24-11)16(22)23)17-7-8-18-14(20)9-3-1-2-4-10(9)15(18)21/h1-4,11-12H,5-8H2,(H,17,19)(H,22,23)/t11-,12+/m0/s1. The van der Waals surface area contributed by atoms with Gasteiger partial charge in [-0.3, -0.25) is 19.3 Å². The third-order valence-corrected chi connectivity index (χ3v) is 4.10. The van der Waals surface area contributed by atoms with Gasteiger partial charge in [0.15, 0.2) is 6.10 Å². The van der Waals surface area contributed by atoms with E-state index in [1.54, 1.807) is 24.3 Å². The first kappa shape index (κ1) is 16.1. The van der Waals surface area contributed by atoms with Crippen molar-refractivity contribution in [3.63, 3.8) is 0 Å². The number of hydrogen-bond donors (Lipinski definition) is 2. The molecule has 126 valence electrons. The molecule has 24 heavy (non-hydrogen) atoms. The van der Waals surface area contributed by atoms with E-state index in [1.165, 1.54) is 0 Å². The molecule has 2 aliphatic heterocycles. The number of amides is 3.